The lowest BCUT2D eigenvalue weighted by Crippen LogP contribution is -2.39. The van der Waals surface area contributed by atoms with Crippen LogP contribution in [-0.2, 0) is 14.8 Å². The maximum absolute atomic E-state index is 12.5. The van der Waals surface area contributed by atoms with E-state index in [2.05, 4.69) is 0 Å². The Morgan fingerprint density at radius 1 is 1.40 bits per heavy atom. The molecule has 0 saturated carbocycles. The Balaban J connectivity index is 3.13. The predicted molar refractivity (Wildman–Crippen MR) is 78.7 cm³/mol. The first-order chi connectivity index (χ1) is 9.28. The van der Waals surface area contributed by atoms with Crippen molar-refractivity contribution in [1.29, 1.82) is 0 Å². The largest absolute Gasteiger partial charge is 0.397 e. The van der Waals surface area contributed by atoms with Gasteiger partial charge >= 0.3 is 0 Å². The van der Waals surface area contributed by atoms with Crippen molar-refractivity contribution in [3.8, 4) is 0 Å². The molecule has 0 heterocycles. The number of nitrogen functional groups attached to an aromatic ring is 1. The first kappa shape index (κ1) is 16.7. The van der Waals surface area contributed by atoms with E-state index in [1.165, 1.54) is 18.2 Å². The molecule has 0 bridgehead atoms. The number of rotatable bonds is 7. The first-order valence-electron chi connectivity index (χ1n) is 6.12. The SMILES string of the molecule is CCCCN(CC(N)=O)S(=O)(=O)c1ccc(Cl)c(N)c1. The topological polar surface area (TPSA) is 106 Å². The lowest BCUT2D eigenvalue weighted by atomic mass is 10.3. The fraction of sp³-hybridized carbons (Fsp3) is 0.417. The van der Waals surface area contributed by atoms with E-state index >= 15 is 0 Å². The molecule has 1 aromatic rings. The second-order valence-electron chi connectivity index (χ2n) is 4.34. The van der Waals surface area contributed by atoms with Crippen LogP contribution in [-0.4, -0.2) is 31.7 Å². The number of halogens is 1. The fourth-order valence-electron chi connectivity index (χ4n) is 1.62. The molecular weight excluding hydrogens is 302 g/mol. The molecular formula is C12H18ClN3O3S. The van der Waals surface area contributed by atoms with Crippen LogP contribution in [0.15, 0.2) is 23.1 Å². The highest BCUT2D eigenvalue weighted by Crippen LogP contribution is 2.24. The Labute approximate surface area is 123 Å². The third-order valence-corrected chi connectivity index (χ3v) is 4.88. The van der Waals surface area contributed by atoms with Crippen LogP contribution in [0.25, 0.3) is 0 Å². The van der Waals surface area contributed by atoms with E-state index in [0.29, 0.717) is 6.42 Å². The van der Waals surface area contributed by atoms with Crippen molar-refractivity contribution in [2.24, 2.45) is 5.73 Å². The summed E-state index contributed by atoms with van der Waals surface area (Å²) in [5, 5.41) is 0.277. The van der Waals surface area contributed by atoms with Crippen LogP contribution in [0, 0.1) is 0 Å². The minimum Gasteiger partial charge on any atom is -0.397 e. The predicted octanol–water partition coefficient (Wildman–Crippen LogP) is 1.20. The summed E-state index contributed by atoms with van der Waals surface area (Å²) in [5.41, 5.74) is 10.9. The van der Waals surface area contributed by atoms with Gasteiger partial charge in [-0.1, -0.05) is 24.9 Å². The maximum atomic E-state index is 12.5. The van der Waals surface area contributed by atoms with Gasteiger partial charge in [0.15, 0.2) is 0 Å². The number of hydrogen-bond acceptors (Lipinski definition) is 4. The molecule has 0 fully saturated rings. The third-order valence-electron chi connectivity index (χ3n) is 2.70. The van der Waals surface area contributed by atoms with Crippen LogP contribution < -0.4 is 11.5 Å². The number of benzene rings is 1. The lowest BCUT2D eigenvalue weighted by Gasteiger charge is -2.20. The molecule has 0 saturated heterocycles. The highest BCUT2D eigenvalue weighted by Gasteiger charge is 2.25. The molecule has 1 amide bonds. The second-order valence-corrected chi connectivity index (χ2v) is 6.69. The van der Waals surface area contributed by atoms with Gasteiger partial charge in [-0.25, -0.2) is 8.42 Å². The van der Waals surface area contributed by atoms with Crippen LogP contribution in [0.2, 0.25) is 5.02 Å². The summed E-state index contributed by atoms with van der Waals surface area (Å²) in [4.78, 5) is 11.0. The summed E-state index contributed by atoms with van der Waals surface area (Å²) in [6.07, 6.45) is 1.43. The summed E-state index contributed by atoms with van der Waals surface area (Å²) in [6, 6.07) is 4.04. The molecule has 0 atom stereocenters. The van der Waals surface area contributed by atoms with Crippen molar-refractivity contribution in [3.05, 3.63) is 23.2 Å². The van der Waals surface area contributed by atoms with Gasteiger partial charge in [0.1, 0.15) is 0 Å². The van der Waals surface area contributed by atoms with Gasteiger partial charge in [-0.2, -0.15) is 4.31 Å². The number of nitrogens with two attached hydrogens (primary N) is 2. The minimum absolute atomic E-state index is 0.00301. The van der Waals surface area contributed by atoms with Crippen molar-refractivity contribution >= 4 is 33.2 Å². The number of unbranched alkanes of at least 4 members (excludes halogenated alkanes) is 1. The van der Waals surface area contributed by atoms with Gasteiger partial charge in [0.25, 0.3) is 0 Å². The summed E-state index contributed by atoms with van der Waals surface area (Å²) in [5.74, 6) is -0.702. The van der Waals surface area contributed by atoms with Crippen molar-refractivity contribution in [3.63, 3.8) is 0 Å². The molecule has 112 valence electrons. The van der Waals surface area contributed by atoms with Crippen molar-refractivity contribution in [2.45, 2.75) is 24.7 Å². The van der Waals surface area contributed by atoms with E-state index in [0.717, 1.165) is 10.7 Å². The Kier molecular flexibility index (Phi) is 5.79. The van der Waals surface area contributed by atoms with Gasteiger partial charge in [-0.3, -0.25) is 4.79 Å². The number of hydrogen-bond donors (Lipinski definition) is 2. The van der Waals surface area contributed by atoms with E-state index in [1.54, 1.807) is 0 Å². The zero-order chi connectivity index (χ0) is 15.3. The summed E-state index contributed by atoms with van der Waals surface area (Å²) in [7, 11) is -3.81. The Morgan fingerprint density at radius 3 is 2.55 bits per heavy atom. The van der Waals surface area contributed by atoms with Crippen molar-refractivity contribution in [2.75, 3.05) is 18.8 Å². The highest BCUT2D eigenvalue weighted by molar-refractivity contribution is 7.89. The molecule has 4 N–H and O–H groups in total. The number of anilines is 1. The van der Waals surface area contributed by atoms with E-state index in [-0.39, 0.29) is 28.7 Å². The lowest BCUT2D eigenvalue weighted by molar-refractivity contribution is -0.118. The second kappa shape index (κ2) is 6.92. The van der Waals surface area contributed by atoms with Crippen LogP contribution in [0.5, 0.6) is 0 Å². The monoisotopic (exact) mass is 319 g/mol. The Bertz CT molecular complexity index is 590. The first-order valence-corrected chi connectivity index (χ1v) is 7.94. The minimum atomic E-state index is -3.81. The van der Waals surface area contributed by atoms with E-state index in [9.17, 15) is 13.2 Å². The average molecular weight is 320 g/mol. The molecule has 8 heteroatoms. The molecule has 1 rings (SSSR count). The number of nitrogens with zero attached hydrogens (tertiary/aromatic N) is 1. The number of primary amides is 1. The van der Waals surface area contributed by atoms with Gasteiger partial charge < -0.3 is 11.5 Å². The van der Waals surface area contributed by atoms with Crippen LogP contribution in [0.3, 0.4) is 0 Å². The van der Waals surface area contributed by atoms with Gasteiger partial charge in [-0.05, 0) is 24.6 Å². The molecule has 0 aromatic heterocycles. The molecule has 6 nitrogen and oxygen atoms in total. The Hall–Kier alpha value is -1.31. The van der Waals surface area contributed by atoms with Crippen LogP contribution >= 0.6 is 11.6 Å². The number of carbonyl (C=O) groups excluding carboxylic acids is 1. The molecule has 20 heavy (non-hydrogen) atoms. The summed E-state index contributed by atoms with van der Waals surface area (Å²) >= 11 is 5.77. The third kappa shape index (κ3) is 4.09. The van der Waals surface area contributed by atoms with Crippen molar-refractivity contribution < 1.29 is 13.2 Å². The smallest absolute Gasteiger partial charge is 0.243 e. The van der Waals surface area contributed by atoms with E-state index < -0.39 is 15.9 Å². The molecule has 0 aliphatic rings. The molecule has 0 unspecified atom stereocenters. The Morgan fingerprint density at radius 2 is 2.05 bits per heavy atom. The number of sulfonamides is 1. The van der Waals surface area contributed by atoms with Crippen LogP contribution in [0.4, 0.5) is 5.69 Å². The van der Waals surface area contributed by atoms with E-state index in [4.69, 9.17) is 23.1 Å². The van der Waals surface area contributed by atoms with Gasteiger partial charge in [0, 0.05) is 6.54 Å². The number of amides is 1. The highest BCUT2D eigenvalue weighted by atomic mass is 35.5. The maximum Gasteiger partial charge on any atom is 0.243 e. The summed E-state index contributed by atoms with van der Waals surface area (Å²) < 4.78 is 26.0. The average Bonchev–Trinajstić information content (AvgIpc) is 2.37. The van der Waals surface area contributed by atoms with Crippen molar-refractivity contribution in [1.82, 2.24) is 4.31 Å². The molecule has 0 spiro atoms. The zero-order valence-electron chi connectivity index (χ0n) is 11.2. The van der Waals surface area contributed by atoms with Gasteiger partial charge in [0.2, 0.25) is 15.9 Å². The number of carbonyl (C=O) groups is 1. The fourth-order valence-corrected chi connectivity index (χ4v) is 3.22. The molecule has 0 radical (unpaired) electrons. The van der Waals surface area contributed by atoms with Crippen LogP contribution in [0.1, 0.15) is 19.8 Å². The van der Waals surface area contributed by atoms with Gasteiger partial charge in [0.05, 0.1) is 22.2 Å². The standard InChI is InChI=1S/C12H18ClN3O3S/c1-2-3-6-16(8-12(15)17)20(18,19)9-4-5-10(13)11(14)7-9/h4-5,7H,2-3,6,8,14H2,1H3,(H2,15,17). The molecule has 0 aliphatic heterocycles. The quantitative estimate of drug-likeness (QED) is 0.736. The summed E-state index contributed by atoms with van der Waals surface area (Å²) in [6.45, 7) is 1.80. The molecule has 0 aliphatic carbocycles. The zero-order valence-corrected chi connectivity index (χ0v) is 12.7. The molecule has 1 aromatic carbocycles. The normalized spacial score (nSPS) is 11.8. The van der Waals surface area contributed by atoms with E-state index in [1.807, 2.05) is 6.92 Å². The van der Waals surface area contributed by atoms with Gasteiger partial charge in [-0.15, -0.1) is 0 Å².